The van der Waals surface area contributed by atoms with E-state index in [9.17, 15) is 0 Å². The summed E-state index contributed by atoms with van der Waals surface area (Å²) in [5.41, 5.74) is 1.37. The molecule has 1 aliphatic rings. The molecule has 1 aliphatic heterocycles. The normalized spacial score (nSPS) is 20.7. The Morgan fingerprint density at radius 3 is 2.65 bits per heavy atom. The van der Waals surface area contributed by atoms with E-state index in [1.54, 1.807) is 7.11 Å². The monoisotopic (exact) mass is 256 g/mol. The fraction of sp³-hybridized carbons (Fsp3) is 0.538. The van der Waals surface area contributed by atoms with E-state index >= 15 is 0 Å². The quantitative estimate of drug-likeness (QED) is 0.896. The zero-order valence-corrected chi connectivity index (χ0v) is 11.3. The topological polar surface area (TPSA) is 24.5 Å². The molecule has 0 aromatic heterocycles. The number of hydrogen-bond acceptors (Lipinski definition) is 3. The lowest BCUT2D eigenvalue weighted by Crippen LogP contribution is -2.45. The first kappa shape index (κ1) is 14.3. The lowest BCUT2D eigenvalue weighted by molar-refractivity contribution is 0.171. The molecule has 0 saturated carbocycles. The molecule has 0 aliphatic carbocycles. The lowest BCUT2D eigenvalue weighted by atomic mass is 10.0. The van der Waals surface area contributed by atoms with Crippen LogP contribution in [0.2, 0.25) is 0 Å². The molecule has 3 nitrogen and oxygen atoms in total. The van der Waals surface area contributed by atoms with Crippen LogP contribution >= 0.6 is 12.4 Å². The first-order valence-corrected chi connectivity index (χ1v) is 5.94. The second-order valence-electron chi connectivity index (χ2n) is 4.12. The number of ether oxygens (including phenoxy) is 1. The van der Waals surface area contributed by atoms with Gasteiger partial charge in [-0.2, -0.15) is 0 Å². The summed E-state index contributed by atoms with van der Waals surface area (Å²) >= 11 is 0. The van der Waals surface area contributed by atoms with Gasteiger partial charge < -0.3 is 10.1 Å². The number of halogens is 1. The molecule has 0 spiro atoms. The van der Waals surface area contributed by atoms with Gasteiger partial charge in [-0.1, -0.05) is 19.1 Å². The SMILES string of the molecule is CCN1CCNCC1c1ccc(OC)cc1.Cl. The predicted molar refractivity (Wildman–Crippen MR) is 73.1 cm³/mol. The molecule has 0 amide bonds. The van der Waals surface area contributed by atoms with Crippen LogP contribution in [0, 0.1) is 0 Å². The Bertz CT molecular complexity index is 329. The van der Waals surface area contributed by atoms with Gasteiger partial charge in [-0.3, -0.25) is 4.90 Å². The third kappa shape index (κ3) is 3.35. The van der Waals surface area contributed by atoms with Crippen molar-refractivity contribution in [2.45, 2.75) is 13.0 Å². The molecule has 0 bridgehead atoms. The van der Waals surface area contributed by atoms with Gasteiger partial charge in [0.1, 0.15) is 5.75 Å². The number of likely N-dealkylation sites (N-methyl/N-ethyl adjacent to an activating group) is 1. The van der Waals surface area contributed by atoms with Gasteiger partial charge in [-0.25, -0.2) is 0 Å². The molecule has 1 aromatic carbocycles. The van der Waals surface area contributed by atoms with Gasteiger partial charge in [-0.15, -0.1) is 12.4 Å². The molecule has 17 heavy (non-hydrogen) atoms. The second-order valence-corrected chi connectivity index (χ2v) is 4.12. The first-order valence-electron chi connectivity index (χ1n) is 5.94. The van der Waals surface area contributed by atoms with E-state index in [0.717, 1.165) is 31.9 Å². The fourth-order valence-electron chi connectivity index (χ4n) is 2.28. The molecule has 2 rings (SSSR count). The highest BCUT2D eigenvalue weighted by molar-refractivity contribution is 5.85. The number of methoxy groups -OCH3 is 1. The Balaban J connectivity index is 0.00000144. The van der Waals surface area contributed by atoms with Crippen LogP contribution in [0.15, 0.2) is 24.3 Å². The Kier molecular flexibility index (Phi) is 5.75. The summed E-state index contributed by atoms with van der Waals surface area (Å²) in [5.74, 6) is 0.926. The summed E-state index contributed by atoms with van der Waals surface area (Å²) in [6.45, 7) is 6.61. The maximum absolute atomic E-state index is 5.18. The van der Waals surface area contributed by atoms with Crippen LogP contribution < -0.4 is 10.1 Å². The van der Waals surface area contributed by atoms with Gasteiger partial charge >= 0.3 is 0 Å². The number of benzene rings is 1. The van der Waals surface area contributed by atoms with Crippen LogP contribution in [0.25, 0.3) is 0 Å². The van der Waals surface area contributed by atoms with Crippen molar-refractivity contribution in [3.8, 4) is 5.75 Å². The molecule has 1 unspecified atom stereocenters. The van der Waals surface area contributed by atoms with Crippen molar-refractivity contribution < 1.29 is 4.74 Å². The smallest absolute Gasteiger partial charge is 0.118 e. The summed E-state index contributed by atoms with van der Waals surface area (Å²) in [6.07, 6.45) is 0. The number of piperazine rings is 1. The lowest BCUT2D eigenvalue weighted by Gasteiger charge is -2.35. The molecule has 1 N–H and O–H groups in total. The van der Waals surface area contributed by atoms with Gasteiger partial charge in [0.05, 0.1) is 7.11 Å². The van der Waals surface area contributed by atoms with Crippen molar-refractivity contribution in [3.63, 3.8) is 0 Å². The molecule has 96 valence electrons. The van der Waals surface area contributed by atoms with E-state index in [2.05, 4.69) is 29.3 Å². The van der Waals surface area contributed by atoms with E-state index in [0.29, 0.717) is 6.04 Å². The fourth-order valence-corrected chi connectivity index (χ4v) is 2.28. The van der Waals surface area contributed by atoms with Crippen molar-refractivity contribution in [2.24, 2.45) is 0 Å². The largest absolute Gasteiger partial charge is 0.497 e. The molecule has 1 fully saturated rings. The molecule has 1 aromatic rings. The van der Waals surface area contributed by atoms with E-state index in [1.165, 1.54) is 5.56 Å². The molecule has 1 heterocycles. The summed E-state index contributed by atoms with van der Waals surface area (Å²) in [4.78, 5) is 2.51. The van der Waals surface area contributed by atoms with E-state index in [-0.39, 0.29) is 12.4 Å². The van der Waals surface area contributed by atoms with E-state index in [4.69, 9.17) is 4.74 Å². The highest BCUT2D eigenvalue weighted by Crippen LogP contribution is 2.23. The van der Waals surface area contributed by atoms with Crippen LogP contribution in [-0.2, 0) is 0 Å². The minimum atomic E-state index is 0. The van der Waals surface area contributed by atoms with Crippen LogP contribution in [0.1, 0.15) is 18.5 Å². The molecular weight excluding hydrogens is 236 g/mol. The van der Waals surface area contributed by atoms with Crippen molar-refractivity contribution in [3.05, 3.63) is 29.8 Å². The average molecular weight is 257 g/mol. The number of nitrogens with one attached hydrogen (secondary N) is 1. The number of hydrogen-bond donors (Lipinski definition) is 1. The van der Waals surface area contributed by atoms with E-state index < -0.39 is 0 Å². The molecule has 0 radical (unpaired) electrons. The minimum Gasteiger partial charge on any atom is -0.497 e. The zero-order valence-electron chi connectivity index (χ0n) is 10.5. The van der Waals surface area contributed by atoms with Crippen molar-refractivity contribution in [1.29, 1.82) is 0 Å². The van der Waals surface area contributed by atoms with Gasteiger partial charge in [0, 0.05) is 25.7 Å². The van der Waals surface area contributed by atoms with Gasteiger partial charge in [0.25, 0.3) is 0 Å². The summed E-state index contributed by atoms with van der Waals surface area (Å²) in [5, 5.41) is 3.45. The minimum absolute atomic E-state index is 0. The highest BCUT2D eigenvalue weighted by Gasteiger charge is 2.21. The van der Waals surface area contributed by atoms with Crippen LogP contribution in [-0.4, -0.2) is 38.2 Å². The van der Waals surface area contributed by atoms with Gasteiger partial charge in [0.15, 0.2) is 0 Å². The summed E-state index contributed by atoms with van der Waals surface area (Å²) in [7, 11) is 1.70. The Morgan fingerprint density at radius 1 is 1.35 bits per heavy atom. The molecule has 4 heteroatoms. The van der Waals surface area contributed by atoms with Crippen molar-refractivity contribution in [2.75, 3.05) is 33.3 Å². The number of nitrogens with zero attached hydrogens (tertiary/aromatic N) is 1. The highest BCUT2D eigenvalue weighted by atomic mass is 35.5. The average Bonchev–Trinajstić information content (AvgIpc) is 2.39. The van der Waals surface area contributed by atoms with Crippen LogP contribution in [0.3, 0.4) is 0 Å². The summed E-state index contributed by atoms with van der Waals surface area (Å²) in [6, 6.07) is 8.91. The zero-order chi connectivity index (χ0) is 11.4. The van der Waals surface area contributed by atoms with Gasteiger partial charge in [-0.05, 0) is 24.2 Å². The predicted octanol–water partition coefficient (Wildman–Crippen LogP) is 2.08. The van der Waals surface area contributed by atoms with Crippen LogP contribution in [0.5, 0.6) is 5.75 Å². The Morgan fingerprint density at radius 2 is 2.06 bits per heavy atom. The molecular formula is C13H21ClN2O. The third-order valence-electron chi connectivity index (χ3n) is 3.26. The second kappa shape index (κ2) is 6.84. The van der Waals surface area contributed by atoms with Gasteiger partial charge in [0.2, 0.25) is 0 Å². The Hall–Kier alpha value is -0.770. The molecule has 1 atom stereocenters. The number of rotatable bonds is 3. The van der Waals surface area contributed by atoms with E-state index in [1.807, 2.05) is 12.1 Å². The first-order chi connectivity index (χ1) is 7.85. The van der Waals surface area contributed by atoms with Crippen molar-refractivity contribution in [1.82, 2.24) is 10.2 Å². The standard InChI is InChI=1S/C13H20N2O.ClH/c1-3-15-9-8-14-10-13(15)11-4-6-12(16-2)7-5-11;/h4-7,13-14H,3,8-10H2,1-2H3;1H. The van der Waals surface area contributed by atoms with Crippen molar-refractivity contribution >= 4 is 12.4 Å². The summed E-state index contributed by atoms with van der Waals surface area (Å²) < 4.78 is 5.18. The third-order valence-corrected chi connectivity index (χ3v) is 3.26. The maximum Gasteiger partial charge on any atom is 0.118 e. The maximum atomic E-state index is 5.18. The molecule has 1 saturated heterocycles. The Labute approximate surface area is 110 Å². The van der Waals surface area contributed by atoms with Crippen LogP contribution in [0.4, 0.5) is 0 Å².